The highest BCUT2D eigenvalue weighted by Crippen LogP contribution is 2.25. The van der Waals surface area contributed by atoms with Gasteiger partial charge < -0.3 is 10.1 Å². The van der Waals surface area contributed by atoms with Crippen LogP contribution in [0.3, 0.4) is 0 Å². The van der Waals surface area contributed by atoms with Gasteiger partial charge in [0.1, 0.15) is 6.04 Å². The van der Waals surface area contributed by atoms with Crippen molar-refractivity contribution >= 4 is 17.9 Å². The third-order valence-corrected chi connectivity index (χ3v) is 5.45. The smallest absolute Gasteiger partial charge is 0.337 e. The van der Waals surface area contributed by atoms with Gasteiger partial charge >= 0.3 is 12.0 Å². The number of ether oxygens (including phenoxy) is 1. The van der Waals surface area contributed by atoms with Gasteiger partial charge in [0.25, 0.3) is 5.91 Å². The van der Waals surface area contributed by atoms with Crippen LogP contribution in [0.1, 0.15) is 41.8 Å². The lowest BCUT2D eigenvalue weighted by atomic mass is 9.99. The first-order valence-electron chi connectivity index (χ1n) is 10.1. The summed E-state index contributed by atoms with van der Waals surface area (Å²) in [4.78, 5) is 38.6. The number of rotatable bonds is 7. The van der Waals surface area contributed by atoms with Crippen molar-refractivity contribution in [1.82, 2.24) is 15.3 Å². The second-order valence-electron chi connectivity index (χ2n) is 7.40. The van der Waals surface area contributed by atoms with Gasteiger partial charge in [-0.25, -0.2) is 19.6 Å². The van der Waals surface area contributed by atoms with E-state index in [0.717, 1.165) is 11.1 Å². The molecule has 0 saturated carbocycles. The van der Waals surface area contributed by atoms with Gasteiger partial charge in [-0.2, -0.15) is 0 Å². The fourth-order valence-electron chi connectivity index (χ4n) is 3.46. The fraction of sp³-hybridized carbons (Fsp3) is 0.348. The highest BCUT2D eigenvalue weighted by atomic mass is 16.5. The monoisotopic (exact) mass is 409 g/mol. The number of amides is 3. The normalized spacial score (nSPS) is 14.6. The van der Waals surface area contributed by atoms with Crippen molar-refractivity contribution in [3.63, 3.8) is 0 Å². The largest absolute Gasteiger partial charge is 0.467 e. The summed E-state index contributed by atoms with van der Waals surface area (Å²) in [6.07, 6.45) is 0.687. The predicted octanol–water partition coefficient (Wildman–Crippen LogP) is 3.36. The number of urea groups is 1. The second-order valence-corrected chi connectivity index (χ2v) is 7.40. The molecule has 2 aromatic carbocycles. The minimum atomic E-state index is -0.800. The van der Waals surface area contributed by atoms with E-state index in [0.29, 0.717) is 18.5 Å². The van der Waals surface area contributed by atoms with Crippen LogP contribution < -0.4 is 5.32 Å². The molecule has 7 heteroatoms. The lowest BCUT2D eigenvalue weighted by Crippen LogP contribution is -2.55. The molecule has 1 aliphatic heterocycles. The van der Waals surface area contributed by atoms with E-state index in [1.54, 1.807) is 12.1 Å². The van der Waals surface area contributed by atoms with E-state index in [-0.39, 0.29) is 18.4 Å². The fourth-order valence-corrected chi connectivity index (χ4v) is 3.46. The van der Waals surface area contributed by atoms with Crippen LogP contribution in [0.2, 0.25) is 0 Å². The van der Waals surface area contributed by atoms with Crippen molar-refractivity contribution in [3.8, 4) is 0 Å². The van der Waals surface area contributed by atoms with Crippen molar-refractivity contribution in [2.75, 3.05) is 7.11 Å². The molecule has 0 saturated heterocycles. The molecule has 2 aromatic rings. The van der Waals surface area contributed by atoms with E-state index in [9.17, 15) is 14.4 Å². The van der Waals surface area contributed by atoms with E-state index >= 15 is 0 Å². The molecule has 30 heavy (non-hydrogen) atoms. The number of hydrogen-bond acceptors (Lipinski definition) is 4. The van der Waals surface area contributed by atoms with Gasteiger partial charge in [-0.05, 0) is 23.1 Å². The number of nitrogens with one attached hydrogen (secondary N) is 1. The summed E-state index contributed by atoms with van der Waals surface area (Å²) in [5.74, 6) is -0.866. The number of nitrogens with zero attached hydrogens (tertiary/aromatic N) is 2. The van der Waals surface area contributed by atoms with Crippen LogP contribution in [0.5, 0.6) is 0 Å². The first kappa shape index (κ1) is 21.4. The molecule has 1 N–H and O–H groups in total. The summed E-state index contributed by atoms with van der Waals surface area (Å²) >= 11 is 0. The van der Waals surface area contributed by atoms with E-state index in [2.05, 4.69) is 5.32 Å². The average Bonchev–Trinajstić information content (AvgIpc) is 3.11. The number of carbonyl (C=O) groups excluding carboxylic acids is 3. The second kappa shape index (κ2) is 9.43. The molecule has 0 aromatic heterocycles. The summed E-state index contributed by atoms with van der Waals surface area (Å²) in [5, 5.41) is 5.58. The minimum Gasteiger partial charge on any atom is -0.467 e. The summed E-state index contributed by atoms with van der Waals surface area (Å²) in [6.45, 7) is 4.30. The zero-order valence-corrected chi connectivity index (χ0v) is 17.5. The Hall–Kier alpha value is -3.35. The summed E-state index contributed by atoms with van der Waals surface area (Å²) in [6, 6.07) is 15.4. The van der Waals surface area contributed by atoms with E-state index in [1.807, 2.05) is 56.3 Å². The Morgan fingerprint density at radius 1 is 1.13 bits per heavy atom. The van der Waals surface area contributed by atoms with Crippen molar-refractivity contribution in [3.05, 3.63) is 71.3 Å². The van der Waals surface area contributed by atoms with Gasteiger partial charge in [-0.3, -0.25) is 4.79 Å². The molecule has 0 radical (unpaired) electrons. The Morgan fingerprint density at radius 2 is 1.80 bits per heavy atom. The maximum absolute atomic E-state index is 13.3. The molecule has 158 valence electrons. The highest BCUT2D eigenvalue weighted by Gasteiger charge is 2.36. The van der Waals surface area contributed by atoms with Crippen LogP contribution >= 0.6 is 0 Å². The molecular formula is C23H27N3O4. The molecule has 3 amide bonds. The minimum absolute atomic E-state index is 0.119. The van der Waals surface area contributed by atoms with Gasteiger partial charge in [-0.15, -0.1) is 0 Å². The van der Waals surface area contributed by atoms with Gasteiger partial charge in [0.2, 0.25) is 0 Å². The van der Waals surface area contributed by atoms with Crippen LogP contribution in [-0.2, 0) is 22.6 Å². The number of hydrogen-bond donors (Lipinski definition) is 1. The van der Waals surface area contributed by atoms with Crippen molar-refractivity contribution < 1.29 is 19.1 Å². The van der Waals surface area contributed by atoms with Crippen molar-refractivity contribution in [2.24, 2.45) is 5.92 Å². The van der Waals surface area contributed by atoms with Crippen LogP contribution in [0.25, 0.3) is 0 Å². The van der Waals surface area contributed by atoms with Crippen LogP contribution in [0, 0.1) is 5.92 Å². The Balaban J connectivity index is 1.89. The number of hydrazine groups is 1. The van der Waals surface area contributed by atoms with Gasteiger partial charge in [0.05, 0.1) is 20.2 Å². The third-order valence-electron chi connectivity index (χ3n) is 5.45. The van der Waals surface area contributed by atoms with Gasteiger partial charge in [0.15, 0.2) is 0 Å². The Morgan fingerprint density at radius 3 is 2.43 bits per heavy atom. The Labute approximate surface area is 176 Å². The molecule has 0 bridgehead atoms. The summed E-state index contributed by atoms with van der Waals surface area (Å²) < 4.78 is 4.88. The molecule has 0 aliphatic carbocycles. The maximum Gasteiger partial charge on any atom is 0.337 e. The number of carbonyl (C=O) groups is 3. The molecular weight excluding hydrogens is 382 g/mol. The number of methoxy groups -OCH3 is 1. The number of benzene rings is 2. The Kier molecular flexibility index (Phi) is 6.72. The third kappa shape index (κ3) is 4.45. The lowest BCUT2D eigenvalue weighted by molar-refractivity contribution is -0.144. The van der Waals surface area contributed by atoms with Crippen molar-refractivity contribution in [2.45, 2.75) is 39.4 Å². The van der Waals surface area contributed by atoms with Gasteiger partial charge in [0, 0.05) is 5.56 Å². The Bertz CT molecular complexity index is 916. The molecule has 2 atom stereocenters. The molecule has 3 rings (SSSR count). The van der Waals surface area contributed by atoms with E-state index < -0.39 is 18.0 Å². The summed E-state index contributed by atoms with van der Waals surface area (Å²) in [7, 11) is 1.30. The van der Waals surface area contributed by atoms with E-state index in [4.69, 9.17) is 4.74 Å². The van der Waals surface area contributed by atoms with Crippen LogP contribution in [-0.4, -0.2) is 41.1 Å². The first-order chi connectivity index (χ1) is 14.5. The topological polar surface area (TPSA) is 79.0 Å². The zero-order chi connectivity index (χ0) is 21.7. The zero-order valence-electron chi connectivity index (χ0n) is 17.5. The van der Waals surface area contributed by atoms with Crippen LogP contribution in [0.15, 0.2) is 54.6 Å². The first-order valence-corrected chi connectivity index (χ1v) is 10.1. The standard InChI is InChI=1S/C23H27N3O4/c1-4-16(2)20(22(28)30-3)24-23(29)26(14-17-10-6-5-7-11-17)25-15-18-12-8-9-13-19(18)21(25)27/h5-13,16,20H,4,14-15H2,1-3H3,(H,24,29)/t16?,20-/m0/s1. The average molecular weight is 409 g/mol. The SMILES string of the molecule is CCC(C)[C@H](NC(=O)N(Cc1ccccc1)N1Cc2ccccc2C1=O)C(=O)OC. The lowest BCUT2D eigenvalue weighted by Gasteiger charge is -2.33. The molecule has 0 fully saturated rings. The number of fused-ring (bicyclic) bond motifs is 1. The molecule has 1 unspecified atom stereocenters. The molecule has 1 aliphatic rings. The molecule has 0 spiro atoms. The number of esters is 1. The summed E-state index contributed by atoms with van der Waals surface area (Å²) in [5.41, 5.74) is 2.31. The van der Waals surface area contributed by atoms with Gasteiger partial charge in [-0.1, -0.05) is 68.8 Å². The molecule has 7 nitrogen and oxygen atoms in total. The highest BCUT2D eigenvalue weighted by molar-refractivity contribution is 5.99. The quantitative estimate of drug-likeness (QED) is 0.712. The van der Waals surface area contributed by atoms with Crippen LogP contribution in [0.4, 0.5) is 4.79 Å². The van der Waals surface area contributed by atoms with Crippen molar-refractivity contribution in [1.29, 1.82) is 0 Å². The molecule has 1 heterocycles. The van der Waals surface area contributed by atoms with E-state index in [1.165, 1.54) is 17.1 Å². The predicted molar refractivity (Wildman–Crippen MR) is 112 cm³/mol. The maximum atomic E-state index is 13.3.